The van der Waals surface area contributed by atoms with E-state index in [9.17, 15) is 30.8 Å². The molecule has 2 aromatic rings. The topological polar surface area (TPSA) is 87.7 Å². The number of nitrogens with zero attached hydrogens (tertiary/aromatic N) is 1. The van der Waals surface area contributed by atoms with Gasteiger partial charge >= 0.3 is 12.2 Å². The molecule has 0 bridgehead atoms. The van der Waals surface area contributed by atoms with Crippen molar-refractivity contribution in [2.24, 2.45) is 0 Å². The minimum atomic E-state index is -4.68. The van der Waals surface area contributed by atoms with Gasteiger partial charge in [0.1, 0.15) is 10.7 Å². The van der Waals surface area contributed by atoms with Crippen molar-refractivity contribution in [3.05, 3.63) is 53.8 Å². The van der Waals surface area contributed by atoms with Crippen LogP contribution in [0, 0.1) is 5.82 Å². The van der Waals surface area contributed by atoms with Crippen LogP contribution in [0.15, 0.2) is 47.4 Å². The number of hydrogen-bond donors (Lipinski definition) is 2. The summed E-state index contributed by atoms with van der Waals surface area (Å²) in [6, 6.07) is 5.86. The highest BCUT2D eigenvalue weighted by Crippen LogP contribution is 2.36. The Morgan fingerprint density at radius 2 is 1.72 bits per heavy atom. The van der Waals surface area contributed by atoms with Crippen molar-refractivity contribution in [3.8, 4) is 0 Å². The molecule has 0 aromatic heterocycles. The third-order valence-corrected chi connectivity index (χ3v) is 6.05. The minimum Gasteiger partial charge on any atom is -0.372 e. The molecular weight excluding hydrogens is 454 g/mol. The summed E-state index contributed by atoms with van der Waals surface area (Å²) in [7, 11) is -4.60. The van der Waals surface area contributed by atoms with Crippen LogP contribution in [0.3, 0.4) is 0 Å². The van der Waals surface area contributed by atoms with E-state index in [4.69, 9.17) is 4.74 Å². The summed E-state index contributed by atoms with van der Waals surface area (Å²) in [5, 5.41) is 2.16. The number of ether oxygens (including phenoxy) is 1. The van der Waals surface area contributed by atoms with Crippen molar-refractivity contribution < 1.29 is 35.5 Å². The van der Waals surface area contributed by atoms with E-state index in [1.165, 1.54) is 18.2 Å². The molecule has 1 fully saturated rings. The van der Waals surface area contributed by atoms with Crippen LogP contribution in [0.4, 0.5) is 33.7 Å². The lowest BCUT2D eigenvalue weighted by atomic mass is 10.1. The number of nitrogens with one attached hydrogen (secondary N) is 2. The average molecular weight is 475 g/mol. The molecule has 32 heavy (non-hydrogen) atoms. The molecule has 0 aliphatic carbocycles. The van der Waals surface area contributed by atoms with Gasteiger partial charge in [-0.1, -0.05) is 12.1 Å². The van der Waals surface area contributed by atoms with E-state index in [2.05, 4.69) is 5.32 Å². The van der Waals surface area contributed by atoms with Gasteiger partial charge in [0.25, 0.3) is 10.0 Å². The van der Waals surface area contributed by atoms with Gasteiger partial charge in [-0.25, -0.2) is 22.3 Å². The van der Waals surface area contributed by atoms with Gasteiger partial charge < -0.3 is 15.0 Å². The molecule has 1 heterocycles. The van der Waals surface area contributed by atoms with E-state index >= 15 is 0 Å². The maximum atomic E-state index is 13.8. The standard InChI is InChI=1S/C20H21F4N3O4S/c1-12-10-27(11-13(2)31-12)17-8-7-14(20(22,23)24)9-16(17)25-19(28)26-32(29,30)18-6-4-3-5-15(18)21/h3-9,12-13H,10-11H2,1-2H3,(H2,25,26,28)/t12-,13-/m0/s1. The Morgan fingerprint density at radius 1 is 1.09 bits per heavy atom. The quantitative estimate of drug-likeness (QED) is 0.654. The second-order valence-electron chi connectivity index (χ2n) is 7.38. The normalized spacial score (nSPS) is 19.5. The Kier molecular flexibility index (Phi) is 6.65. The van der Waals surface area contributed by atoms with E-state index < -0.39 is 38.5 Å². The van der Waals surface area contributed by atoms with Crippen LogP contribution in [-0.2, 0) is 20.9 Å². The molecule has 12 heteroatoms. The van der Waals surface area contributed by atoms with Crippen LogP contribution in [0.5, 0.6) is 0 Å². The first kappa shape index (κ1) is 23.8. The molecule has 7 nitrogen and oxygen atoms in total. The van der Waals surface area contributed by atoms with Crippen LogP contribution >= 0.6 is 0 Å². The third kappa shape index (κ3) is 5.49. The molecule has 2 aromatic carbocycles. The summed E-state index contributed by atoms with van der Waals surface area (Å²) in [5.74, 6) is -1.08. The Hall–Kier alpha value is -2.86. The van der Waals surface area contributed by atoms with Gasteiger partial charge in [0.2, 0.25) is 0 Å². The van der Waals surface area contributed by atoms with Gasteiger partial charge in [-0.3, -0.25) is 0 Å². The molecule has 0 unspecified atom stereocenters. The minimum absolute atomic E-state index is 0.218. The molecule has 0 saturated carbocycles. The van der Waals surface area contributed by atoms with Crippen molar-refractivity contribution in [1.29, 1.82) is 0 Å². The summed E-state index contributed by atoms with van der Waals surface area (Å²) in [6.07, 6.45) is -5.12. The lowest BCUT2D eigenvalue weighted by Gasteiger charge is -2.37. The molecule has 3 rings (SSSR count). The third-order valence-electron chi connectivity index (χ3n) is 4.69. The number of anilines is 2. The molecule has 2 N–H and O–H groups in total. The molecule has 2 atom stereocenters. The number of carbonyl (C=O) groups excluding carboxylic acids is 1. The summed E-state index contributed by atoms with van der Waals surface area (Å²) < 4.78 is 85.5. The number of hydrogen-bond acceptors (Lipinski definition) is 5. The molecule has 0 spiro atoms. The Morgan fingerprint density at radius 3 is 2.31 bits per heavy atom. The smallest absolute Gasteiger partial charge is 0.372 e. The van der Waals surface area contributed by atoms with E-state index in [-0.39, 0.29) is 23.6 Å². The first-order chi connectivity index (χ1) is 14.9. The van der Waals surface area contributed by atoms with Gasteiger partial charge in [0.05, 0.1) is 29.1 Å². The Labute approximate surface area is 182 Å². The molecule has 2 amide bonds. The van der Waals surface area contributed by atoms with Crippen molar-refractivity contribution in [1.82, 2.24) is 4.72 Å². The van der Waals surface area contributed by atoms with E-state index in [0.717, 1.165) is 24.3 Å². The Balaban J connectivity index is 1.91. The highest BCUT2D eigenvalue weighted by molar-refractivity contribution is 7.90. The maximum Gasteiger partial charge on any atom is 0.416 e. The number of halogens is 4. The van der Waals surface area contributed by atoms with Crippen molar-refractivity contribution in [2.45, 2.75) is 37.1 Å². The van der Waals surface area contributed by atoms with E-state index in [0.29, 0.717) is 13.1 Å². The first-order valence-corrected chi connectivity index (χ1v) is 11.0. The van der Waals surface area contributed by atoms with Gasteiger partial charge in [-0.15, -0.1) is 0 Å². The highest BCUT2D eigenvalue weighted by atomic mass is 32.2. The second kappa shape index (κ2) is 8.94. The summed E-state index contributed by atoms with van der Waals surface area (Å²) >= 11 is 0. The first-order valence-electron chi connectivity index (χ1n) is 9.57. The number of rotatable bonds is 4. The van der Waals surface area contributed by atoms with Crippen LogP contribution in [0.2, 0.25) is 0 Å². The van der Waals surface area contributed by atoms with Crippen molar-refractivity contribution in [3.63, 3.8) is 0 Å². The maximum absolute atomic E-state index is 13.8. The summed E-state index contributed by atoms with van der Waals surface area (Å²) in [4.78, 5) is 13.4. The Bertz CT molecular complexity index is 1100. The zero-order valence-electron chi connectivity index (χ0n) is 17.1. The number of sulfonamides is 1. The fraction of sp³-hybridized carbons (Fsp3) is 0.350. The highest BCUT2D eigenvalue weighted by Gasteiger charge is 2.33. The lowest BCUT2D eigenvalue weighted by molar-refractivity contribution is -0.137. The number of carbonyl (C=O) groups is 1. The number of benzene rings is 2. The van der Waals surface area contributed by atoms with Crippen LogP contribution in [-0.4, -0.2) is 39.7 Å². The SMILES string of the molecule is C[C@H]1CN(c2ccc(C(F)(F)F)cc2NC(=O)NS(=O)(=O)c2ccccc2F)C[C@H](C)O1. The zero-order valence-corrected chi connectivity index (χ0v) is 17.9. The predicted molar refractivity (Wildman–Crippen MR) is 109 cm³/mol. The van der Waals surface area contributed by atoms with Crippen LogP contribution in [0.25, 0.3) is 0 Å². The van der Waals surface area contributed by atoms with Crippen LogP contribution in [0.1, 0.15) is 19.4 Å². The van der Waals surface area contributed by atoms with Crippen molar-refractivity contribution >= 4 is 27.4 Å². The zero-order chi connectivity index (χ0) is 23.7. The lowest BCUT2D eigenvalue weighted by Crippen LogP contribution is -2.46. The number of urea groups is 1. The van der Waals surface area contributed by atoms with Crippen molar-refractivity contribution in [2.75, 3.05) is 23.3 Å². The average Bonchev–Trinajstić information content (AvgIpc) is 2.66. The molecule has 174 valence electrons. The largest absolute Gasteiger partial charge is 0.416 e. The molecular formula is C20H21F4N3O4S. The number of alkyl halides is 3. The van der Waals surface area contributed by atoms with E-state index in [1.54, 1.807) is 23.5 Å². The fourth-order valence-corrected chi connectivity index (χ4v) is 4.44. The van der Waals surface area contributed by atoms with Gasteiger partial charge in [0.15, 0.2) is 0 Å². The monoisotopic (exact) mass is 475 g/mol. The van der Waals surface area contributed by atoms with Gasteiger partial charge in [-0.2, -0.15) is 13.2 Å². The number of morpholine rings is 1. The molecule has 1 aliphatic heterocycles. The van der Waals surface area contributed by atoms with E-state index in [1.807, 2.05) is 0 Å². The molecule has 1 saturated heterocycles. The predicted octanol–water partition coefficient (Wildman–Crippen LogP) is 3.97. The summed E-state index contributed by atoms with van der Waals surface area (Å²) in [5.41, 5.74) is -1.01. The second-order valence-corrected chi connectivity index (χ2v) is 9.03. The van der Waals surface area contributed by atoms with Crippen LogP contribution < -0.4 is 14.9 Å². The number of amides is 2. The molecule has 1 aliphatic rings. The van der Waals surface area contributed by atoms with Gasteiger partial charge in [0, 0.05) is 13.1 Å². The van der Waals surface area contributed by atoms with Gasteiger partial charge in [-0.05, 0) is 44.2 Å². The summed E-state index contributed by atoms with van der Waals surface area (Å²) in [6.45, 7) is 4.29. The molecule has 0 radical (unpaired) electrons. The fourth-order valence-electron chi connectivity index (χ4n) is 3.45.